The summed E-state index contributed by atoms with van der Waals surface area (Å²) in [6, 6.07) is 13.0. The fraction of sp³-hybridized carbons (Fsp3) is 0.211. The van der Waals surface area contributed by atoms with Gasteiger partial charge in [0, 0.05) is 5.56 Å². The lowest BCUT2D eigenvalue weighted by Gasteiger charge is -2.22. The Morgan fingerprint density at radius 3 is 2.33 bits per heavy atom. The molecule has 1 saturated heterocycles. The third-order valence-electron chi connectivity index (χ3n) is 4.33. The zero-order chi connectivity index (χ0) is 19.6. The molecule has 0 aliphatic carbocycles. The van der Waals surface area contributed by atoms with Crippen LogP contribution in [0.15, 0.2) is 54.6 Å². The number of ether oxygens (including phenoxy) is 1. The first-order valence-corrected chi connectivity index (χ1v) is 8.09. The van der Waals surface area contributed by atoms with Crippen molar-refractivity contribution in [3.8, 4) is 5.75 Å². The van der Waals surface area contributed by atoms with Crippen LogP contribution in [0.25, 0.3) is 0 Å². The summed E-state index contributed by atoms with van der Waals surface area (Å²) in [6.45, 7) is -1.86. The Bertz CT molecular complexity index is 871. The Morgan fingerprint density at radius 2 is 1.74 bits per heavy atom. The Morgan fingerprint density at radius 1 is 1.11 bits per heavy atom. The first kappa shape index (κ1) is 18.5. The van der Waals surface area contributed by atoms with Crippen molar-refractivity contribution >= 4 is 17.7 Å². The van der Waals surface area contributed by atoms with Crippen molar-refractivity contribution in [3.63, 3.8) is 0 Å². The lowest BCUT2D eigenvalue weighted by molar-refractivity contribution is -0.130. The highest BCUT2D eigenvalue weighted by molar-refractivity contribution is 6.11. The van der Waals surface area contributed by atoms with E-state index < -0.39 is 30.6 Å². The van der Waals surface area contributed by atoms with Crippen LogP contribution >= 0.6 is 0 Å². The molecule has 0 radical (unpaired) electrons. The fourth-order valence-corrected chi connectivity index (χ4v) is 2.86. The number of benzene rings is 2. The van der Waals surface area contributed by atoms with Gasteiger partial charge in [0.1, 0.15) is 11.3 Å². The van der Waals surface area contributed by atoms with Gasteiger partial charge in [-0.15, -0.1) is 0 Å². The van der Waals surface area contributed by atoms with Crippen LogP contribution in [0.5, 0.6) is 5.75 Å². The second-order valence-electron chi connectivity index (χ2n) is 6.14. The van der Waals surface area contributed by atoms with Gasteiger partial charge in [-0.25, -0.2) is 4.79 Å². The van der Waals surface area contributed by atoms with Crippen molar-refractivity contribution in [2.75, 3.05) is 6.54 Å². The number of urea groups is 1. The summed E-state index contributed by atoms with van der Waals surface area (Å²) in [5.41, 5.74) is -0.630. The van der Waals surface area contributed by atoms with Crippen LogP contribution in [0.4, 0.5) is 13.6 Å². The zero-order valence-corrected chi connectivity index (χ0v) is 14.3. The molecule has 1 aliphatic heterocycles. The van der Waals surface area contributed by atoms with Gasteiger partial charge in [-0.1, -0.05) is 42.5 Å². The zero-order valence-electron chi connectivity index (χ0n) is 14.3. The van der Waals surface area contributed by atoms with E-state index in [0.29, 0.717) is 11.1 Å². The minimum atomic E-state index is -2.96. The molecule has 3 amide bonds. The first-order valence-electron chi connectivity index (χ1n) is 8.09. The largest absolute Gasteiger partial charge is 0.435 e. The fourth-order valence-electron chi connectivity index (χ4n) is 2.86. The lowest BCUT2D eigenvalue weighted by Crippen LogP contribution is -2.41. The maximum atomic E-state index is 12.8. The molecule has 0 bridgehead atoms. The van der Waals surface area contributed by atoms with Gasteiger partial charge in [0.15, 0.2) is 5.78 Å². The summed E-state index contributed by atoms with van der Waals surface area (Å²) in [6.07, 6.45) is 0. The Hall–Kier alpha value is -3.29. The number of hydrogen-bond donors (Lipinski definition) is 1. The lowest BCUT2D eigenvalue weighted by atomic mass is 9.92. The number of imide groups is 1. The number of nitrogens with zero attached hydrogens (tertiary/aromatic N) is 1. The van der Waals surface area contributed by atoms with Crippen LogP contribution in [0.3, 0.4) is 0 Å². The van der Waals surface area contributed by atoms with E-state index in [1.54, 1.807) is 30.3 Å². The van der Waals surface area contributed by atoms with Gasteiger partial charge in [-0.05, 0) is 24.6 Å². The van der Waals surface area contributed by atoms with Crippen molar-refractivity contribution in [3.05, 3.63) is 65.7 Å². The van der Waals surface area contributed by atoms with Crippen molar-refractivity contribution in [2.45, 2.75) is 19.1 Å². The molecule has 2 aromatic carbocycles. The van der Waals surface area contributed by atoms with Crippen LogP contribution in [0.2, 0.25) is 0 Å². The van der Waals surface area contributed by atoms with Gasteiger partial charge < -0.3 is 10.1 Å². The van der Waals surface area contributed by atoms with Gasteiger partial charge in [0.2, 0.25) is 0 Å². The number of amides is 3. The molecule has 1 unspecified atom stereocenters. The van der Waals surface area contributed by atoms with Crippen LogP contribution in [0, 0.1) is 0 Å². The number of rotatable bonds is 6. The first-order chi connectivity index (χ1) is 12.8. The molecule has 6 nitrogen and oxygen atoms in total. The van der Waals surface area contributed by atoms with E-state index in [-0.39, 0.29) is 11.5 Å². The summed E-state index contributed by atoms with van der Waals surface area (Å²) < 4.78 is 28.8. The number of ketones is 1. The molecule has 0 saturated carbocycles. The summed E-state index contributed by atoms with van der Waals surface area (Å²) in [7, 11) is 0. The van der Waals surface area contributed by atoms with Crippen LogP contribution in [-0.4, -0.2) is 35.8 Å². The minimum Gasteiger partial charge on any atom is -0.435 e. The summed E-state index contributed by atoms with van der Waals surface area (Å²) in [4.78, 5) is 38.2. The van der Waals surface area contributed by atoms with E-state index in [0.717, 1.165) is 4.90 Å². The van der Waals surface area contributed by atoms with E-state index >= 15 is 0 Å². The average Bonchev–Trinajstić information content (AvgIpc) is 2.86. The SMILES string of the molecule is CC1(c2ccc(OC(F)F)cc2)NC(=O)N(CC(=O)c2ccccc2)C1=O. The van der Waals surface area contributed by atoms with E-state index in [1.807, 2.05) is 0 Å². The van der Waals surface area contributed by atoms with Gasteiger partial charge in [-0.3, -0.25) is 14.5 Å². The molecule has 8 heteroatoms. The van der Waals surface area contributed by atoms with Crippen molar-refractivity contribution in [1.29, 1.82) is 0 Å². The molecule has 0 spiro atoms. The number of carbonyl (C=O) groups excluding carboxylic acids is 3. The second-order valence-corrected chi connectivity index (χ2v) is 6.14. The van der Waals surface area contributed by atoms with E-state index in [2.05, 4.69) is 10.1 Å². The van der Waals surface area contributed by atoms with Crippen molar-refractivity contribution in [1.82, 2.24) is 10.2 Å². The highest BCUT2D eigenvalue weighted by atomic mass is 19.3. The third-order valence-corrected chi connectivity index (χ3v) is 4.33. The molecule has 1 atom stereocenters. The maximum Gasteiger partial charge on any atom is 0.387 e. The van der Waals surface area contributed by atoms with Crippen LogP contribution < -0.4 is 10.1 Å². The van der Waals surface area contributed by atoms with E-state index in [1.165, 1.54) is 31.2 Å². The van der Waals surface area contributed by atoms with E-state index in [9.17, 15) is 23.2 Å². The van der Waals surface area contributed by atoms with Gasteiger partial charge in [-0.2, -0.15) is 8.78 Å². The molecular weight excluding hydrogens is 358 g/mol. The highest BCUT2D eigenvalue weighted by Gasteiger charge is 2.49. The van der Waals surface area contributed by atoms with Crippen LogP contribution in [0.1, 0.15) is 22.8 Å². The molecule has 0 aromatic heterocycles. The summed E-state index contributed by atoms with van der Waals surface area (Å²) in [5.74, 6) is -1.03. The molecule has 1 N–H and O–H groups in total. The van der Waals surface area contributed by atoms with Crippen molar-refractivity contribution in [2.24, 2.45) is 0 Å². The van der Waals surface area contributed by atoms with E-state index in [4.69, 9.17) is 0 Å². The molecule has 27 heavy (non-hydrogen) atoms. The predicted molar refractivity (Wildman–Crippen MR) is 91.4 cm³/mol. The third kappa shape index (κ3) is 3.64. The topological polar surface area (TPSA) is 75.7 Å². The number of hydrogen-bond acceptors (Lipinski definition) is 4. The number of halogens is 2. The average molecular weight is 374 g/mol. The van der Waals surface area contributed by atoms with Gasteiger partial charge in [0.05, 0.1) is 6.54 Å². The standard InChI is InChI=1S/C19H16F2N2O4/c1-19(13-7-9-14(10-8-13)27-17(20)21)16(25)23(18(26)22-19)11-15(24)12-5-3-2-4-6-12/h2-10,17H,11H2,1H3,(H,22,26). The molecule has 1 fully saturated rings. The minimum absolute atomic E-state index is 0.0646. The Labute approximate surface area is 153 Å². The van der Waals surface area contributed by atoms with Crippen LogP contribution in [-0.2, 0) is 10.3 Å². The molecule has 140 valence electrons. The number of nitrogens with one attached hydrogen (secondary N) is 1. The Balaban J connectivity index is 1.79. The molecule has 1 heterocycles. The second kappa shape index (κ2) is 7.14. The molecule has 1 aliphatic rings. The number of carbonyl (C=O) groups is 3. The smallest absolute Gasteiger partial charge is 0.387 e. The number of Topliss-reactive ketones (excluding diaryl/α,β-unsaturated/α-hetero) is 1. The monoisotopic (exact) mass is 374 g/mol. The molecular formula is C19H16F2N2O4. The summed E-state index contributed by atoms with van der Waals surface area (Å²) in [5, 5.41) is 2.56. The molecule has 3 rings (SSSR count). The number of alkyl halides is 2. The normalized spacial score (nSPS) is 19.3. The quantitative estimate of drug-likeness (QED) is 0.623. The maximum absolute atomic E-state index is 12.8. The highest BCUT2D eigenvalue weighted by Crippen LogP contribution is 2.30. The molecule has 2 aromatic rings. The predicted octanol–water partition coefficient (Wildman–Crippen LogP) is 2.94. The van der Waals surface area contributed by atoms with Gasteiger partial charge >= 0.3 is 12.6 Å². The van der Waals surface area contributed by atoms with Gasteiger partial charge in [0.25, 0.3) is 5.91 Å². The Kier molecular flexibility index (Phi) is 4.89. The summed E-state index contributed by atoms with van der Waals surface area (Å²) >= 11 is 0. The van der Waals surface area contributed by atoms with Crippen molar-refractivity contribution < 1.29 is 27.9 Å².